The zero-order valence-corrected chi connectivity index (χ0v) is 10.7. The Hall–Kier alpha value is 0.260. The number of sulfone groups is 1. The van der Waals surface area contributed by atoms with Gasteiger partial charge in [0, 0.05) is 12.0 Å². The van der Waals surface area contributed by atoms with E-state index < -0.39 is 9.84 Å². The molecule has 0 unspecified atom stereocenters. The summed E-state index contributed by atoms with van der Waals surface area (Å²) in [6.45, 7) is 4.27. The molecule has 0 aliphatic carbocycles. The van der Waals surface area contributed by atoms with Crippen LogP contribution in [0.2, 0.25) is 0 Å². The van der Waals surface area contributed by atoms with E-state index in [0.29, 0.717) is 5.75 Å². The molecular weight excluding hydrogens is 218 g/mol. The molecule has 0 atom stereocenters. The van der Waals surface area contributed by atoms with Gasteiger partial charge in [-0.1, -0.05) is 6.92 Å². The zero-order valence-electron chi connectivity index (χ0n) is 9.08. The van der Waals surface area contributed by atoms with E-state index >= 15 is 0 Å². The summed E-state index contributed by atoms with van der Waals surface area (Å²) in [6, 6.07) is 0. The van der Waals surface area contributed by atoms with Gasteiger partial charge in [-0.05, 0) is 31.7 Å². The topological polar surface area (TPSA) is 46.2 Å². The first-order valence-corrected chi connectivity index (χ1v) is 8.24. The SMILES string of the molecule is CCCNCCCSCCS(C)(=O)=O. The van der Waals surface area contributed by atoms with Crippen LogP contribution in [0.15, 0.2) is 0 Å². The number of hydrogen-bond acceptors (Lipinski definition) is 4. The minimum Gasteiger partial charge on any atom is -0.317 e. The molecule has 0 rings (SSSR count). The van der Waals surface area contributed by atoms with Crippen LogP contribution in [-0.2, 0) is 9.84 Å². The summed E-state index contributed by atoms with van der Waals surface area (Å²) in [5.41, 5.74) is 0. The Kier molecular flexibility index (Phi) is 8.72. The lowest BCUT2D eigenvalue weighted by molar-refractivity contribution is 0.603. The highest BCUT2D eigenvalue weighted by Gasteiger charge is 2.00. The van der Waals surface area contributed by atoms with E-state index in [1.807, 2.05) is 0 Å². The first-order chi connectivity index (χ1) is 6.56. The Morgan fingerprint density at radius 2 is 1.93 bits per heavy atom. The fraction of sp³-hybridized carbons (Fsp3) is 1.00. The lowest BCUT2D eigenvalue weighted by Crippen LogP contribution is -2.16. The predicted octanol–water partition coefficient (Wildman–Crippen LogP) is 1.15. The van der Waals surface area contributed by atoms with Gasteiger partial charge in [0.15, 0.2) is 0 Å². The highest BCUT2D eigenvalue weighted by molar-refractivity contribution is 8.00. The second-order valence-corrected chi connectivity index (χ2v) is 6.83. The van der Waals surface area contributed by atoms with Crippen molar-refractivity contribution in [2.45, 2.75) is 19.8 Å². The Morgan fingerprint density at radius 3 is 2.50 bits per heavy atom. The van der Waals surface area contributed by atoms with E-state index in [0.717, 1.165) is 31.0 Å². The molecule has 0 saturated carbocycles. The highest BCUT2D eigenvalue weighted by Crippen LogP contribution is 2.02. The van der Waals surface area contributed by atoms with Gasteiger partial charge >= 0.3 is 0 Å². The third-order valence-electron chi connectivity index (χ3n) is 1.67. The van der Waals surface area contributed by atoms with E-state index in [1.165, 1.54) is 12.7 Å². The molecule has 1 N–H and O–H groups in total. The van der Waals surface area contributed by atoms with Crippen LogP contribution in [0.4, 0.5) is 0 Å². The predicted molar refractivity (Wildman–Crippen MR) is 64.8 cm³/mol. The molecule has 5 heteroatoms. The lowest BCUT2D eigenvalue weighted by Gasteiger charge is -2.02. The van der Waals surface area contributed by atoms with E-state index in [-0.39, 0.29) is 0 Å². The summed E-state index contributed by atoms with van der Waals surface area (Å²) >= 11 is 1.72. The molecule has 0 spiro atoms. The van der Waals surface area contributed by atoms with E-state index in [4.69, 9.17) is 0 Å². The van der Waals surface area contributed by atoms with Crippen molar-refractivity contribution in [1.82, 2.24) is 5.32 Å². The monoisotopic (exact) mass is 239 g/mol. The van der Waals surface area contributed by atoms with Crippen LogP contribution in [0.1, 0.15) is 19.8 Å². The molecule has 0 aromatic rings. The number of nitrogens with one attached hydrogen (secondary N) is 1. The molecule has 86 valence electrons. The van der Waals surface area contributed by atoms with Crippen LogP contribution < -0.4 is 5.32 Å². The summed E-state index contributed by atoms with van der Waals surface area (Å²) in [4.78, 5) is 0. The van der Waals surface area contributed by atoms with Crippen LogP contribution in [0.5, 0.6) is 0 Å². The van der Waals surface area contributed by atoms with Gasteiger partial charge in [-0.15, -0.1) is 0 Å². The van der Waals surface area contributed by atoms with Crippen molar-refractivity contribution in [2.24, 2.45) is 0 Å². The van der Waals surface area contributed by atoms with Crippen molar-refractivity contribution in [3.8, 4) is 0 Å². The standard InChI is InChI=1S/C9H21NO2S2/c1-3-5-10-6-4-7-13-8-9-14(2,11)12/h10H,3-9H2,1-2H3. The highest BCUT2D eigenvalue weighted by atomic mass is 32.2. The maximum atomic E-state index is 10.8. The summed E-state index contributed by atoms with van der Waals surface area (Å²) < 4.78 is 21.6. The quantitative estimate of drug-likeness (QED) is 0.613. The van der Waals surface area contributed by atoms with Crippen molar-refractivity contribution in [3.05, 3.63) is 0 Å². The molecule has 0 saturated heterocycles. The molecule has 0 heterocycles. The fourth-order valence-electron chi connectivity index (χ4n) is 0.913. The molecule has 3 nitrogen and oxygen atoms in total. The average Bonchev–Trinajstić information content (AvgIpc) is 2.08. The third kappa shape index (κ3) is 12.3. The Balaban J connectivity index is 3.07. The van der Waals surface area contributed by atoms with Crippen LogP contribution >= 0.6 is 11.8 Å². The summed E-state index contributed by atoms with van der Waals surface area (Å²) in [7, 11) is -2.76. The van der Waals surface area contributed by atoms with E-state index in [9.17, 15) is 8.42 Å². The Labute approximate surface area is 92.0 Å². The first-order valence-electron chi connectivity index (χ1n) is 5.02. The summed E-state index contributed by atoms with van der Waals surface area (Å²) in [5, 5.41) is 3.31. The van der Waals surface area contributed by atoms with Crippen LogP contribution in [-0.4, -0.2) is 45.0 Å². The summed E-state index contributed by atoms with van der Waals surface area (Å²) in [5.74, 6) is 2.08. The fourth-order valence-corrected chi connectivity index (χ4v) is 3.15. The van der Waals surface area contributed by atoms with Gasteiger partial charge in [0.25, 0.3) is 0 Å². The van der Waals surface area contributed by atoms with E-state index in [2.05, 4.69) is 12.2 Å². The van der Waals surface area contributed by atoms with Gasteiger partial charge in [-0.2, -0.15) is 11.8 Å². The molecule has 0 aromatic carbocycles. The summed E-state index contributed by atoms with van der Waals surface area (Å²) in [6.07, 6.45) is 3.58. The molecule has 0 fully saturated rings. The second-order valence-electron chi connectivity index (χ2n) is 3.35. The van der Waals surface area contributed by atoms with Crippen LogP contribution in [0.3, 0.4) is 0 Å². The van der Waals surface area contributed by atoms with Crippen molar-refractivity contribution in [2.75, 3.05) is 36.6 Å². The molecule has 0 aliphatic heterocycles. The smallest absolute Gasteiger partial charge is 0.148 e. The second kappa shape index (κ2) is 8.56. The van der Waals surface area contributed by atoms with Gasteiger partial charge in [-0.3, -0.25) is 0 Å². The maximum Gasteiger partial charge on any atom is 0.148 e. The van der Waals surface area contributed by atoms with Crippen molar-refractivity contribution < 1.29 is 8.42 Å². The van der Waals surface area contributed by atoms with Crippen molar-refractivity contribution in [3.63, 3.8) is 0 Å². The Bertz CT molecular complexity index is 215. The van der Waals surface area contributed by atoms with Crippen LogP contribution in [0, 0.1) is 0 Å². The van der Waals surface area contributed by atoms with Gasteiger partial charge < -0.3 is 5.32 Å². The minimum absolute atomic E-state index is 0.306. The van der Waals surface area contributed by atoms with Gasteiger partial charge in [0.05, 0.1) is 5.75 Å². The largest absolute Gasteiger partial charge is 0.317 e. The van der Waals surface area contributed by atoms with Gasteiger partial charge in [0.2, 0.25) is 0 Å². The third-order valence-corrected chi connectivity index (χ3v) is 3.94. The number of thioether (sulfide) groups is 1. The number of rotatable bonds is 9. The molecule has 0 radical (unpaired) electrons. The first kappa shape index (κ1) is 14.3. The molecule has 0 aliphatic rings. The molecule has 0 aromatic heterocycles. The van der Waals surface area contributed by atoms with Crippen molar-refractivity contribution >= 4 is 21.6 Å². The molecular formula is C9H21NO2S2. The zero-order chi connectivity index (χ0) is 10.9. The van der Waals surface area contributed by atoms with E-state index in [1.54, 1.807) is 11.8 Å². The van der Waals surface area contributed by atoms with Gasteiger partial charge in [-0.25, -0.2) is 8.42 Å². The normalized spacial score (nSPS) is 11.9. The minimum atomic E-state index is -2.76. The Morgan fingerprint density at radius 1 is 1.21 bits per heavy atom. The van der Waals surface area contributed by atoms with Crippen LogP contribution in [0.25, 0.3) is 0 Å². The lowest BCUT2D eigenvalue weighted by atomic mass is 10.4. The molecule has 14 heavy (non-hydrogen) atoms. The molecule has 0 amide bonds. The van der Waals surface area contributed by atoms with Crippen molar-refractivity contribution in [1.29, 1.82) is 0 Å². The van der Waals surface area contributed by atoms with Gasteiger partial charge in [0.1, 0.15) is 9.84 Å². The number of hydrogen-bond donors (Lipinski definition) is 1. The molecule has 0 bridgehead atoms. The maximum absolute atomic E-state index is 10.8. The average molecular weight is 239 g/mol.